The first-order valence-electron chi connectivity index (χ1n) is 7.87. The number of carbonyl (C=O) groups excluding carboxylic acids is 2. The van der Waals surface area contributed by atoms with Gasteiger partial charge in [-0.05, 0) is 31.9 Å². The number of esters is 1. The average molecular weight is 325 g/mol. The average Bonchev–Trinajstić information content (AvgIpc) is 3.15. The Labute approximate surface area is 139 Å². The number of H-pyrrole nitrogens is 1. The van der Waals surface area contributed by atoms with Crippen molar-refractivity contribution in [2.75, 3.05) is 6.61 Å². The van der Waals surface area contributed by atoms with Crippen LogP contribution < -0.4 is 0 Å². The summed E-state index contributed by atoms with van der Waals surface area (Å²) in [6.45, 7) is 5.21. The molecule has 5 nitrogen and oxygen atoms in total. The summed E-state index contributed by atoms with van der Waals surface area (Å²) >= 11 is 0. The van der Waals surface area contributed by atoms with Gasteiger partial charge in [0.2, 0.25) is 5.78 Å². The monoisotopic (exact) mass is 325 g/mol. The number of ether oxygens (including phenoxy) is 1. The number of nitrogens with one attached hydrogen (secondary N) is 1. The minimum absolute atomic E-state index is 0.235. The molecular formula is C19H19NO4. The van der Waals surface area contributed by atoms with Gasteiger partial charge in [0.05, 0.1) is 0 Å². The molecule has 0 atom stereocenters. The molecule has 1 N–H and O–H groups in total. The van der Waals surface area contributed by atoms with Crippen LogP contribution in [0.2, 0.25) is 0 Å². The minimum atomic E-state index is -0.549. The summed E-state index contributed by atoms with van der Waals surface area (Å²) in [6.07, 6.45) is 2.55. The summed E-state index contributed by atoms with van der Waals surface area (Å²) in [5.74, 6) is 0.339. The Morgan fingerprint density at radius 3 is 2.67 bits per heavy atom. The van der Waals surface area contributed by atoms with Crippen LogP contribution in [0.1, 0.15) is 44.7 Å². The molecular weight excluding hydrogens is 306 g/mol. The predicted octanol–water partition coefficient (Wildman–Crippen LogP) is 3.98. The van der Waals surface area contributed by atoms with Crippen LogP contribution in [0.15, 0.2) is 34.9 Å². The summed E-state index contributed by atoms with van der Waals surface area (Å²) in [5.41, 5.74) is 2.99. The zero-order valence-corrected chi connectivity index (χ0v) is 13.9. The highest BCUT2D eigenvalue weighted by molar-refractivity contribution is 6.09. The Hall–Kier alpha value is -2.82. The lowest BCUT2D eigenvalue weighted by Gasteiger charge is -2.03. The van der Waals surface area contributed by atoms with E-state index < -0.39 is 5.97 Å². The maximum atomic E-state index is 12.4. The van der Waals surface area contributed by atoms with Crippen molar-refractivity contribution in [2.24, 2.45) is 0 Å². The lowest BCUT2D eigenvalue weighted by atomic mass is 10.1. The second kappa shape index (κ2) is 6.35. The molecule has 0 amide bonds. The van der Waals surface area contributed by atoms with Crippen molar-refractivity contribution >= 4 is 22.7 Å². The molecule has 0 fully saturated rings. The van der Waals surface area contributed by atoms with Gasteiger partial charge in [0.25, 0.3) is 0 Å². The second-order valence-electron chi connectivity index (χ2n) is 5.72. The fourth-order valence-corrected chi connectivity index (χ4v) is 2.86. The number of ketones is 1. The molecule has 5 heteroatoms. The van der Waals surface area contributed by atoms with Crippen LogP contribution in [-0.4, -0.2) is 23.3 Å². The van der Waals surface area contributed by atoms with E-state index >= 15 is 0 Å². The summed E-state index contributed by atoms with van der Waals surface area (Å²) in [6, 6.07) is 7.46. The largest absolute Gasteiger partial charge is 0.466 e. The SMILES string of the molecule is CCc1cccc2c(C(=O)COC(=O)c3cc(C)oc3C)c[nH]c12. The van der Waals surface area contributed by atoms with Crippen LogP contribution in [0.5, 0.6) is 0 Å². The zero-order chi connectivity index (χ0) is 17.3. The number of furan rings is 1. The van der Waals surface area contributed by atoms with Gasteiger partial charge in [0, 0.05) is 22.7 Å². The molecule has 0 aliphatic heterocycles. The highest BCUT2D eigenvalue weighted by Gasteiger charge is 2.19. The third-order valence-corrected chi connectivity index (χ3v) is 4.08. The molecule has 0 saturated heterocycles. The highest BCUT2D eigenvalue weighted by atomic mass is 16.5. The molecule has 0 radical (unpaired) electrons. The Morgan fingerprint density at radius 2 is 2.00 bits per heavy atom. The lowest BCUT2D eigenvalue weighted by Crippen LogP contribution is -2.14. The first-order valence-corrected chi connectivity index (χ1v) is 7.87. The molecule has 2 heterocycles. The standard InChI is InChI=1S/C19H19NO4/c1-4-13-6-5-7-14-16(9-20-18(13)14)17(21)10-23-19(22)15-8-11(2)24-12(15)3/h5-9,20H,4,10H2,1-3H3. The number of aromatic nitrogens is 1. The summed E-state index contributed by atoms with van der Waals surface area (Å²) in [5, 5.41) is 0.853. The third-order valence-electron chi connectivity index (χ3n) is 4.08. The van der Waals surface area contributed by atoms with Gasteiger partial charge < -0.3 is 14.1 Å². The summed E-state index contributed by atoms with van der Waals surface area (Å²) in [7, 11) is 0. The van der Waals surface area contributed by atoms with E-state index in [4.69, 9.17) is 9.15 Å². The van der Waals surface area contributed by atoms with Gasteiger partial charge >= 0.3 is 5.97 Å². The van der Waals surface area contributed by atoms with E-state index in [1.807, 2.05) is 18.2 Å². The van der Waals surface area contributed by atoms with Gasteiger partial charge in [-0.3, -0.25) is 4.79 Å². The Balaban J connectivity index is 1.76. The number of para-hydroxylation sites is 1. The molecule has 0 unspecified atom stereocenters. The van der Waals surface area contributed by atoms with E-state index in [1.54, 1.807) is 26.1 Å². The maximum Gasteiger partial charge on any atom is 0.342 e. The van der Waals surface area contributed by atoms with Crippen molar-refractivity contribution < 1.29 is 18.7 Å². The van der Waals surface area contributed by atoms with E-state index in [-0.39, 0.29) is 12.4 Å². The molecule has 3 aromatic rings. The molecule has 0 saturated carbocycles. The van der Waals surface area contributed by atoms with Crippen molar-refractivity contribution in [3.63, 3.8) is 0 Å². The van der Waals surface area contributed by atoms with Crippen LogP contribution >= 0.6 is 0 Å². The number of carbonyl (C=O) groups is 2. The quantitative estimate of drug-likeness (QED) is 0.569. The first kappa shape index (κ1) is 16.1. The van der Waals surface area contributed by atoms with E-state index in [0.29, 0.717) is 22.6 Å². The van der Waals surface area contributed by atoms with Gasteiger partial charge in [0.15, 0.2) is 6.61 Å². The van der Waals surface area contributed by atoms with Crippen LogP contribution in [0.25, 0.3) is 10.9 Å². The number of hydrogen-bond acceptors (Lipinski definition) is 4. The fraction of sp³-hybridized carbons (Fsp3) is 0.263. The minimum Gasteiger partial charge on any atom is -0.466 e. The van der Waals surface area contributed by atoms with Gasteiger partial charge in [0.1, 0.15) is 17.1 Å². The van der Waals surface area contributed by atoms with Gasteiger partial charge in [-0.2, -0.15) is 0 Å². The van der Waals surface area contributed by atoms with Crippen LogP contribution in [0.3, 0.4) is 0 Å². The highest BCUT2D eigenvalue weighted by Crippen LogP contribution is 2.23. The normalized spacial score (nSPS) is 11.0. The molecule has 3 rings (SSSR count). The molecule has 0 spiro atoms. The Morgan fingerprint density at radius 1 is 1.21 bits per heavy atom. The number of fused-ring (bicyclic) bond motifs is 1. The molecule has 1 aromatic carbocycles. The first-order chi connectivity index (χ1) is 11.5. The number of rotatable bonds is 5. The Bertz CT molecular complexity index is 917. The van der Waals surface area contributed by atoms with Gasteiger partial charge in [-0.1, -0.05) is 25.1 Å². The maximum absolute atomic E-state index is 12.4. The van der Waals surface area contributed by atoms with Crippen molar-refractivity contribution in [1.82, 2.24) is 4.98 Å². The van der Waals surface area contributed by atoms with Crippen molar-refractivity contribution in [2.45, 2.75) is 27.2 Å². The van der Waals surface area contributed by atoms with Crippen LogP contribution in [0, 0.1) is 13.8 Å². The summed E-state index contributed by atoms with van der Waals surface area (Å²) in [4.78, 5) is 27.6. The number of benzene rings is 1. The van der Waals surface area contributed by atoms with Crippen molar-refractivity contribution in [3.8, 4) is 0 Å². The molecule has 2 aromatic heterocycles. The Kier molecular flexibility index (Phi) is 4.25. The molecule has 124 valence electrons. The van der Waals surface area contributed by atoms with Crippen molar-refractivity contribution in [3.05, 3.63) is 58.7 Å². The van der Waals surface area contributed by atoms with Crippen LogP contribution in [-0.2, 0) is 11.2 Å². The fourth-order valence-electron chi connectivity index (χ4n) is 2.86. The molecule has 0 aliphatic carbocycles. The smallest absolute Gasteiger partial charge is 0.342 e. The number of aromatic amines is 1. The van der Waals surface area contributed by atoms with Gasteiger partial charge in [-0.15, -0.1) is 0 Å². The predicted molar refractivity (Wildman–Crippen MR) is 90.5 cm³/mol. The van der Waals surface area contributed by atoms with E-state index in [0.717, 1.165) is 22.9 Å². The lowest BCUT2D eigenvalue weighted by molar-refractivity contribution is 0.0473. The van der Waals surface area contributed by atoms with Gasteiger partial charge in [-0.25, -0.2) is 4.79 Å². The summed E-state index contributed by atoms with van der Waals surface area (Å²) < 4.78 is 10.5. The van der Waals surface area contributed by atoms with Crippen molar-refractivity contribution in [1.29, 1.82) is 0 Å². The molecule has 0 aliphatic rings. The third kappa shape index (κ3) is 2.85. The van der Waals surface area contributed by atoms with E-state index in [2.05, 4.69) is 11.9 Å². The van der Waals surface area contributed by atoms with E-state index in [1.165, 1.54) is 0 Å². The number of hydrogen-bond donors (Lipinski definition) is 1. The van der Waals surface area contributed by atoms with E-state index in [9.17, 15) is 9.59 Å². The van der Waals surface area contributed by atoms with Crippen LogP contribution in [0.4, 0.5) is 0 Å². The number of aryl methyl sites for hydroxylation is 3. The molecule has 24 heavy (non-hydrogen) atoms. The number of Topliss-reactive ketones (excluding diaryl/α,β-unsaturated/α-hetero) is 1. The second-order valence-corrected chi connectivity index (χ2v) is 5.72. The topological polar surface area (TPSA) is 72.3 Å². The molecule has 0 bridgehead atoms. The zero-order valence-electron chi connectivity index (χ0n) is 13.9.